The first kappa shape index (κ1) is 35.1. The maximum absolute atomic E-state index is 14.9. The monoisotopic (exact) mass is 677 g/mol. The van der Waals surface area contributed by atoms with E-state index in [0.717, 1.165) is 24.9 Å². The van der Waals surface area contributed by atoms with Crippen molar-refractivity contribution in [2.75, 3.05) is 31.6 Å². The number of benzene rings is 3. The number of carbonyl (C=O) groups is 4. The van der Waals surface area contributed by atoms with Crippen LogP contribution < -0.4 is 21.2 Å². The number of primary amides is 1. The van der Waals surface area contributed by atoms with Crippen molar-refractivity contribution in [1.29, 1.82) is 0 Å². The topological polar surface area (TPSA) is 177 Å². The van der Waals surface area contributed by atoms with Gasteiger partial charge in [-0.05, 0) is 92.6 Å². The summed E-state index contributed by atoms with van der Waals surface area (Å²) in [6.45, 7) is 4.28. The molecule has 0 bridgehead atoms. The quantitative estimate of drug-likeness (QED) is 0.165. The number of esters is 2. The van der Waals surface area contributed by atoms with Gasteiger partial charge in [-0.1, -0.05) is 48.5 Å². The fourth-order valence-electron chi connectivity index (χ4n) is 7.02. The van der Waals surface area contributed by atoms with Crippen LogP contribution in [0.2, 0.25) is 0 Å². The van der Waals surface area contributed by atoms with E-state index in [1.165, 1.54) is 12.1 Å². The number of ether oxygens (including phenoxy) is 1. The van der Waals surface area contributed by atoms with E-state index in [0.29, 0.717) is 57.2 Å². The third-order valence-corrected chi connectivity index (χ3v) is 11.0. The van der Waals surface area contributed by atoms with E-state index in [1.807, 2.05) is 47.5 Å². The van der Waals surface area contributed by atoms with Crippen LogP contribution in [0, 0.1) is 23.7 Å². The molecule has 1 amide bonds. The number of nitrogens with one attached hydrogen (secondary N) is 3. The number of piperidine rings is 2. The Kier molecular flexibility index (Phi) is 10.9. The number of carbonyl (C=O) groups excluding carboxylic acids is 4. The molecular weight excluding hydrogens is 634 g/mol. The maximum Gasteiger partial charge on any atom is 0.317 e. The number of hydrogen-bond donors (Lipinski definition) is 4. The number of para-hydroxylation sites is 1. The normalized spacial score (nSPS) is 21.4. The molecule has 5 rings (SSSR count). The van der Waals surface area contributed by atoms with Gasteiger partial charge in [0, 0.05) is 31.6 Å². The minimum atomic E-state index is -4.47. The third-order valence-electron chi connectivity index (χ3n) is 9.43. The van der Waals surface area contributed by atoms with Crippen LogP contribution in [0.3, 0.4) is 0 Å². The Balaban J connectivity index is 1.53. The fourth-order valence-corrected chi connectivity index (χ4v) is 8.40. The van der Waals surface area contributed by atoms with Crippen molar-refractivity contribution >= 4 is 50.1 Å². The lowest BCUT2D eigenvalue weighted by atomic mass is 9.66. The average molecular weight is 678 g/mol. The summed E-state index contributed by atoms with van der Waals surface area (Å²) < 4.78 is 35.2. The lowest BCUT2D eigenvalue weighted by Crippen LogP contribution is -2.65. The van der Waals surface area contributed by atoms with E-state index in [4.69, 9.17) is 10.5 Å². The Hall–Kier alpha value is -4.17. The largest absolute Gasteiger partial charge is 0.393 e. The molecule has 12 nitrogen and oxygen atoms in total. The number of sulfonamides is 1. The third kappa shape index (κ3) is 7.92. The first-order valence-corrected chi connectivity index (χ1v) is 17.7. The summed E-state index contributed by atoms with van der Waals surface area (Å²) in [5.74, 6) is -7.10. The van der Waals surface area contributed by atoms with Crippen LogP contribution in [0.25, 0.3) is 10.8 Å². The van der Waals surface area contributed by atoms with Crippen LogP contribution in [0.1, 0.15) is 39.5 Å². The Morgan fingerprint density at radius 3 is 2.29 bits per heavy atom. The number of anilines is 1. The number of rotatable bonds is 12. The predicted molar refractivity (Wildman–Crippen MR) is 181 cm³/mol. The van der Waals surface area contributed by atoms with E-state index in [2.05, 4.69) is 15.5 Å². The summed E-state index contributed by atoms with van der Waals surface area (Å²) >= 11 is 0. The van der Waals surface area contributed by atoms with E-state index in [9.17, 15) is 27.6 Å². The number of fused-ring (bicyclic) bond motifs is 1. The summed E-state index contributed by atoms with van der Waals surface area (Å²) in [4.78, 5) is 54.0. The van der Waals surface area contributed by atoms with E-state index >= 15 is 0 Å². The average Bonchev–Trinajstić information content (AvgIpc) is 3.07. The molecule has 2 heterocycles. The second-order valence-electron chi connectivity index (χ2n) is 12.9. The Bertz CT molecular complexity index is 1760. The van der Waals surface area contributed by atoms with Gasteiger partial charge in [0.1, 0.15) is 0 Å². The highest BCUT2D eigenvalue weighted by atomic mass is 32.2. The highest BCUT2D eigenvalue weighted by Crippen LogP contribution is 2.39. The number of ketones is 1. The summed E-state index contributed by atoms with van der Waals surface area (Å²) in [5, 5.41) is 6.68. The van der Waals surface area contributed by atoms with Crippen LogP contribution >= 0.6 is 0 Å². The molecular formula is C35H43N5O7S. The van der Waals surface area contributed by atoms with Crippen molar-refractivity contribution in [2.45, 2.75) is 50.0 Å². The number of hydrazine groups is 1. The molecule has 2 saturated heterocycles. The van der Waals surface area contributed by atoms with Gasteiger partial charge in [-0.3, -0.25) is 19.2 Å². The second-order valence-corrected chi connectivity index (χ2v) is 14.5. The molecule has 2 fully saturated rings. The molecule has 2 aliphatic heterocycles. The number of amides is 1. The molecule has 256 valence electrons. The SMILES string of the molecule is CC(=O)OC(=O)C(C1CCCN(Nc2ccccc2)C1)C(C(=O)C(C)(NS(=O)(=O)c1ccc2ccccc2c1)C(N)=O)C1CCCNC1. The van der Waals surface area contributed by atoms with Gasteiger partial charge >= 0.3 is 11.9 Å². The van der Waals surface area contributed by atoms with Crippen LogP contribution in [0.4, 0.5) is 5.69 Å². The second kappa shape index (κ2) is 14.9. The lowest BCUT2D eigenvalue weighted by molar-refractivity contribution is -0.168. The standard InChI is InChI=1S/C35H43N5O7S/c1-23(41)47-33(43)31(27-13-9-19-40(22-27)38-28-14-4-3-5-15-28)30(26-12-8-18-37-21-26)32(42)35(2,34(36)44)39-48(45,46)29-17-16-24-10-6-7-11-25(24)20-29/h3-7,10-11,14-17,20,26-27,30-31,37-39H,8-9,12-13,18-19,21-22H2,1-2H3,(H2,36,44). The number of nitrogens with zero attached hydrogens (tertiary/aromatic N) is 1. The molecule has 5 N–H and O–H groups in total. The molecule has 5 unspecified atom stereocenters. The zero-order chi connectivity index (χ0) is 34.5. The number of hydrogen-bond acceptors (Lipinski definition) is 10. The number of Topliss-reactive ketones (excluding diaryl/α,β-unsaturated/α-hetero) is 1. The van der Waals surface area contributed by atoms with Crippen LogP contribution in [-0.4, -0.2) is 68.8 Å². The van der Waals surface area contributed by atoms with Gasteiger partial charge in [-0.2, -0.15) is 4.72 Å². The highest BCUT2D eigenvalue weighted by Gasteiger charge is 2.54. The Labute approximate surface area is 280 Å². The molecule has 0 aliphatic carbocycles. The van der Waals surface area contributed by atoms with Crippen LogP contribution in [0.5, 0.6) is 0 Å². The van der Waals surface area contributed by atoms with E-state index in [1.54, 1.807) is 18.2 Å². The Morgan fingerprint density at radius 2 is 1.62 bits per heavy atom. The van der Waals surface area contributed by atoms with Crippen molar-refractivity contribution < 1.29 is 32.3 Å². The van der Waals surface area contributed by atoms with Crippen molar-refractivity contribution in [1.82, 2.24) is 15.0 Å². The Morgan fingerprint density at radius 1 is 0.938 bits per heavy atom. The molecule has 48 heavy (non-hydrogen) atoms. The van der Waals surface area contributed by atoms with Crippen molar-refractivity contribution in [3.63, 3.8) is 0 Å². The van der Waals surface area contributed by atoms with E-state index in [-0.39, 0.29) is 4.90 Å². The summed E-state index contributed by atoms with van der Waals surface area (Å²) in [7, 11) is -4.47. The van der Waals surface area contributed by atoms with Crippen molar-refractivity contribution in [2.24, 2.45) is 29.4 Å². The molecule has 5 atom stereocenters. The van der Waals surface area contributed by atoms with Gasteiger partial charge in [-0.15, -0.1) is 0 Å². The van der Waals surface area contributed by atoms with Crippen LogP contribution in [-0.2, 0) is 33.9 Å². The predicted octanol–water partition coefficient (Wildman–Crippen LogP) is 2.99. The molecule has 0 spiro atoms. The maximum atomic E-state index is 14.9. The molecule has 13 heteroatoms. The van der Waals surface area contributed by atoms with E-state index < -0.39 is 62.9 Å². The number of nitrogens with two attached hydrogens (primary N) is 1. The summed E-state index contributed by atoms with van der Waals surface area (Å²) in [6, 6.07) is 21.2. The van der Waals surface area contributed by atoms with Gasteiger partial charge in [-0.25, -0.2) is 13.4 Å². The van der Waals surface area contributed by atoms with Crippen molar-refractivity contribution in [3.05, 3.63) is 72.8 Å². The minimum Gasteiger partial charge on any atom is -0.393 e. The summed E-state index contributed by atoms with van der Waals surface area (Å²) in [6.07, 6.45) is 2.41. The van der Waals surface area contributed by atoms with Crippen molar-refractivity contribution in [3.8, 4) is 0 Å². The minimum absolute atomic E-state index is 0.153. The molecule has 0 saturated carbocycles. The zero-order valence-electron chi connectivity index (χ0n) is 27.2. The first-order valence-electron chi connectivity index (χ1n) is 16.3. The summed E-state index contributed by atoms with van der Waals surface area (Å²) in [5.41, 5.74) is 7.63. The molecule has 0 radical (unpaired) electrons. The highest BCUT2D eigenvalue weighted by molar-refractivity contribution is 7.89. The van der Waals surface area contributed by atoms with Gasteiger partial charge < -0.3 is 21.2 Å². The molecule has 0 aromatic heterocycles. The smallest absolute Gasteiger partial charge is 0.317 e. The van der Waals surface area contributed by atoms with Gasteiger partial charge in [0.2, 0.25) is 15.9 Å². The fraction of sp³-hybridized carbons (Fsp3) is 0.429. The molecule has 2 aliphatic rings. The molecule has 3 aromatic rings. The van der Waals surface area contributed by atoms with Gasteiger partial charge in [0.05, 0.1) is 10.8 Å². The van der Waals surface area contributed by atoms with Crippen LogP contribution in [0.15, 0.2) is 77.7 Å². The lowest BCUT2D eigenvalue weighted by Gasteiger charge is -2.43. The zero-order valence-corrected chi connectivity index (χ0v) is 28.0. The molecule has 3 aromatic carbocycles. The van der Waals surface area contributed by atoms with Gasteiger partial charge in [0.15, 0.2) is 11.3 Å². The van der Waals surface area contributed by atoms with Gasteiger partial charge in [0.25, 0.3) is 0 Å². The first-order chi connectivity index (χ1) is 22.9.